The van der Waals surface area contributed by atoms with E-state index in [-0.39, 0.29) is 17.4 Å². The minimum atomic E-state index is -0.794. The number of amides is 1. The smallest absolute Gasteiger partial charge is 0.300 e. The lowest BCUT2D eigenvalue weighted by Crippen LogP contribution is -2.29. The summed E-state index contributed by atoms with van der Waals surface area (Å²) in [6, 6.07) is 16.9. The van der Waals surface area contributed by atoms with Gasteiger partial charge in [0.25, 0.3) is 11.7 Å². The number of aliphatic hydroxyl groups is 1. The molecule has 3 aromatic rings. The number of carbonyl (C=O) groups excluding carboxylic acids is 2. The van der Waals surface area contributed by atoms with Crippen LogP contribution < -0.4 is 9.64 Å². The molecule has 162 valence electrons. The van der Waals surface area contributed by atoms with Gasteiger partial charge in [-0.15, -0.1) is 0 Å². The molecule has 1 atom stereocenters. The lowest BCUT2D eigenvalue weighted by Gasteiger charge is -2.25. The number of aliphatic hydroxyl groups excluding tert-OH is 1. The highest BCUT2D eigenvalue weighted by Crippen LogP contribution is 2.42. The molecule has 1 fully saturated rings. The van der Waals surface area contributed by atoms with Gasteiger partial charge < -0.3 is 9.84 Å². The molecule has 4 rings (SSSR count). The number of carbonyl (C=O) groups is 2. The summed E-state index contributed by atoms with van der Waals surface area (Å²) >= 11 is 0. The second-order valence-corrected chi connectivity index (χ2v) is 7.98. The van der Waals surface area contributed by atoms with Gasteiger partial charge in [0.05, 0.1) is 17.7 Å². The van der Waals surface area contributed by atoms with E-state index in [1.807, 2.05) is 32.9 Å². The van der Waals surface area contributed by atoms with E-state index >= 15 is 0 Å². The molecular formula is C26H24N2O4. The Morgan fingerprint density at radius 2 is 1.72 bits per heavy atom. The van der Waals surface area contributed by atoms with Crippen LogP contribution in [0.15, 0.2) is 78.6 Å². The number of hydrogen-bond acceptors (Lipinski definition) is 5. The topological polar surface area (TPSA) is 79.7 Å². The summed E-state index contributed by atoms with van der Waals surface area (Å²) in [6.07, 6.45) is 3.24. The number of ether oxygens (including phenoxy) is 1. The van der Waals surface area contributed by atoms with E-state index in [0.717, 1.165) is 5.56 Å². The molecule has 1 amide bonds. The molecule has 2 heterocycles. The van der Waals surface area contributed by atoms with Crippen LogP contribution in [0.1, 0.15) is 36.6 Å². The van der Waals surface area contributed by atoms with E-state index in [4.69, 9.17) is 4.74 Å². The van der Waals surface area contributed by atoms with Crippen LogP contribution in [0, 0.1) is 6.92 Å². The summed E-state index contributed by atoms with van der Waals surface area (Å²) in [5.41, 5.74) is 2.70. The predicted octanol–water partition coefficient (Wildman–Crippen LogP) is 4.80. The average Bonchev–Trinajstić information content (AvgIpc) is 3.05. The van der Waals surface area contributed by atoms with Crippen LogP contribution in [-0.2, 0) is 9.59 Å². The van der Waals surface area contributed by atoms with Crippen molar-refractivity contribution in [3.8, 4) is 5.75 Å². The highest BCUT2D eigenvalue weighted by molar-refractivity contribution is 6.51. The number of anilines is 1. The van der Waals surface area contributed by atoms with E-state index < -0.39 is 17.7 Å². The number of aromatic nitrogens is 1. The summed E-state index contributed by atoms with van der Waals surface area (Å²) in [7, 11) is 0. The molecule has 1 N–H and O–H groups in total. The zero-order valence-corrected chi connectivity index (χ0v) is 18.1. The molecule has 6 nitrogen and oxygen atoms in total. The van der Waals surface area contributed by atoms with Crippen molar-refractivity contribution < 1.29 is 19.4 Å². The van der Waals surface area contributed by atoms with Crippen LogP contribution in [0.25, 0.3) is 5.76 Å². The number of benzene rings is 2. The van der Waals surface area contributed by atoms with Gasteiger partial charge in [0.2, 0.25) is 0 Å². The summed E-state index contributed by atoms with van der Waals surface area (Å²) in [5, 5.41) is 11.1. The van der Waals surface area contributed by atoms with Gasteiger partial charge in [0, 0.05) is 23.6 Å². The molecule has 6 heteroatoms. The van der Waals surface area contributed by atoms with E-state index in [2.05, 4.69) is 4.98 Å². The van der Waals surface area contributed by atoms with Crippen molar-refractivity contribution >= 4 is 23.1 Å². The Morgan fingerprint density at radius 3 is 2.31 bits per heavy atom. The normalized spacial score (nSPS) is 17.8. The molecule has 1 aliphatic heterocycles. The number of aryl methyl sites for hydroxylation is 1. The Balaban J connectivity index is 1.84. The Bertz CT molecular complexity index is 1170. The van der Waals surface area contributed by atoms with E-state index in [1.54, 1.807) is 60.9 Å². The Kier molecular flexibility index (Phi) is 5.77. The first kappa shape index (κ1) is 21.3. The molecule has 1 unspecified atom stereocenters. The summed E-state index contributed by atoms with van der Waals surface area (Å²) in [6.45, 7) is 5.80. The van der Waals surface area contributed by atoms with Crippen LogP contribution in [0.2, 0.25) is 0 Å². The van der Waals surface area contributed by atoms with Crippen molar-refractivity contribution in [1.29, 1.82) is 0 Å². The number of rotatable bonds is 5. The maximum absolute atomic E-state index is 13.1. The molecule has 0 radical (unpaired) electrons. The number of Topliss-reactive ketones (excluding diaryl/α,β-unsaturated/α-hetero) is 1. The summed E-state index contributed by atoms with van der Waals surface area (Å²) < 4.78 is 5.65. The standard InChI is InChI=1S/C26H24N2O4/c1-16(2)32-21-12-8-18(9-13-21)24(29)22-23(19-5-4-14-27-15-19)28(26(31)25(22)30)20-10-6-17(3)7-11-20/h4-16,23,29H,1-3H3/b24-22-. The number of pyridine rings is 1. The first-order valence-corrected chi connectivity index (χ1v) is 10.4. The fraction of sp³-hybridized carbons (Fsp3) is 0.192. The van der Waals surface area contributed by atoms with E-state index in [1.165, 1.54) is 4.90 Å². The van der Waals surface area contributed by atoms with Crippen molar-refractivity contribution in [2.45, 2.75) is 32.9 Å². The highest BCUT2D eigenvalue weighted by atomic mass is 16.5. The Morgan fingerprint density at radius 1 is 1.03 bits per heavy atom. The third-order valence-corrected chi connectivity index (χ3v) is 5.26. The maximum atomic E-state index is 13.1. The maximum Gasteiger partial charge on any atom is 0.300 e. The summed E-state index contributed by atoms with van der Waals surface area (Å²) in [5.74, 6) is -1.01. The van der Waals surface area contributed by atoms with Crippen molar-refractivity contribution in [2.24, 2.45) is 0 Å². The number of nitrogens with zero attached hydrogens (tertiary/aromatic N) is 2. The zero-order valence-electron chi connectivity index (χ0n) is 18.1. The molecule has 0 aliphatic carbocycles. The van der Waals surface area contributed by atoms with Gasteiger partial charge in [0.1, 0.15) is 11.5 Å². The third kappa shape index (κ3) is 3.99. The van der Waals surface area contributed by atoms with Gasteiger partial charge in [-0.05, 0) is 68.8 Å². The van der Waals surface area contributed by atoms with Crippen LogP contribution in [0.3, 0.4) is 0 Å². The van der Waals surface area contributed by atoms with Crippen molar-refractivity contribution in [3.63, 3.8) is 0 Å². The first-order valence-electron chi connectivity index (χ1n) is 10.4. The molecule has 0 saturated carbocycles. The largest absolute Gasteiger partial charge is 0.507 e. The van der Waals surface area contributed by atoms with Crippen LogP contribution in [0.5, 0.6) is 5.75 Å². The van der Waals surface area contributed by atoms with Crippen LogP contribution in [-0.4, -0.2) is 27.9 Å². The SMILES string of the molecule is Cc1ccc(N2C(=O)C(=O)/C(=C(\O)c3ccc(OC(C)C)cc3)C2c2cccnc2)cc1. The molecule has 32 heavy (non-hydrogen) atoms. The zero-order chi connectivity index (χ0) is 22.8. The van der Waals surface area contributed by atoms with Crippen molar-refractivity contribution in [1.82, 2.24) is 4.98 Å². The predicted molar refractivity (Wildman–Crippen MR) is 122 cm³/mol. The van der Waals surface area contributed by atoms with Gasteiger partial charge in [-0.3, -0.25) is 19.5 Å². The second-order valence-electron chi connectivity index (χ2n) is 7.98. The monoisotopic (exact) mass is 428 g/mol. The number of ketones is 1. The average molecular weight is 428 g/mol. The fourth-order valence-corrected chi connectivity index (χ4v) is 3.78. The minimum absolute atomic E-state index is 0.0138. The van der Waals surface area contributed by atoms with Gasteiger partial charge in [-0.1, -0.05) is 23.8 Å². The van der Waals surface area contributed by atoms with Gasteiger partial charge >= 0.3 is 0 Å². The van der Waals surface area contributed by atoms with Crippen molar-refractivity contribution in [3.05, 3.63) is 95.3 Å². The highest BCUT2D eigenvalue weighted by Gasteiger charge is 2.47. The second kappa shape index (κ2) is 8.67. The lowest BCUT2D eigenvalue weighted by molar-refractivity contribution is -0.132. The molecular weight excluding hydrogens is 404 g/mol. The quantitative estimate of drug-likeness (QED) is 0.359. The first-order chi connectivity index (χ1) is 15.4. The van der Waals surface area contributed by atoms with Gasteiger partial charge in [0.15, 0.2) is 0 Å². The Labute approximate surface area is 186 Å². The fourth-order valence-electron chi connectivity index (χ4n) is 3.78. The van der Waals surface area contributed by atoms with Crippen molar-refractivity contribution in [2.75, 3.05) is 4.90 Å². The molecule has 1 aromatic heterocycles. The molecule has 2 aromatic carbocycles. The van der Waals surface area contributed by atoms with E-state index in [9.17, 15) is 14.7 Å². The molecule has 1 aliphatic rings. The third-order valence-electron chi connectivity index (χ3n) is 5.26. The molecule has 0 bridgehead atoms. The minimum Gasteiger partial charge on any atom is -0.507 e. The summed E-state index contributed by atoms with van der Waals surface area (Å²) in [4.78, 5) is 31.8. The Hall–Kier alpha value is -3.93. The van der Waals surface area contributed by atoms with Gasteiger partial charge in [-0.25, -0.2) is 0 Å². The molecule has 1 saturated heterocycles. The molecule has 0 spiro atoms. The van der Waals surface area contributed by atoms with E-state index in [0.29, 0.717) is 22.6 Å². The number of hydrogen-bond donors (Lipinski definition) is 1. The van der Waals surface area contributed by atoms with Crippen LogP contribution >= 0.6 is 0 Å². The lowest BCUT2D eigenvalue weighted by atomic mass is 9.96. The van der Waals surface area contributed by atoms with Gasteiger partial charge in [-0.2, -0.15) is 0 Å². The van der Waals surface area contributed by atoms with Crippen LogP contribution in [0.4, 0.5) is 5.69 Å².